The third-order valence-corrected chi connectivity index (χ3v) is 1.64. The lowest BCUT2D eigenvalue weighted by Crippen LogP contribution is -2.44. The standard InChI is InChI=1S/C9H16N2O4/c1-3-4-6(2)11-9(15)10-5-7(12)8(13)14/h3,6-7,12H,1,4-5H2,2H3,(H,13,14)(H2,10,11,15)/t6?,7-/m0/s1. The van der Waals surface area contributed by atoms with E-state index < -0.39 is 18.1 Å². The molecule has 2 amide bonds. The van der Waals surface area contributed by atoms with Gasteiger partial charge < -0.3 is 20.8 Å². The SMILES string of the molecule is C=CCC(C)NC(=O)NC[C@H](O)C(=O)O. The van der Waals surface area contributed by atoms with Crippen molar-refractivity contribution in [2.24, 2.45) is 0 Å². The molecule has 0 saturated heterocycles. The van der Waals surface area contributed by atoms with Crippen LogP contribution < -0.4 is 10.6 Å². The van der Waals surface area contributed by atoms with Crippen LogP contribution in [0.4, 0.5) is 4.79 Å². The largest absolute Gasteiger partial charge is 0.479 e. The number of carbonyl (C=O) groups excluding carboxylic acids is 1. The van der Waals surface area contributed by atoms with Crippen molar-refractivity contribution in [1.82, 2.24) is 10.6 Å². The Kier molecular flexibility index (Phi) is 6.12. The van der Waals surface area contributed by atoms with Crippen LogP contribution in [0, 0.1) is 0 Å². The van der Waals surface area contributed by atoms with Gasteiger partial charge in [0.05, 0.1) is 6.54 Å². The summed E-state index contributed by atoms with van der Waals surface area (Å²) in [6.07, 6.45) is 0.705. The Labute approximate surface area is 88.0 Å². The zero-order valence-electron chi connectivity index (χ0n) is 8.56. The Bertz CT molecular complexity index is 242. The predicted molar refractivity (Wildman–Crippen MR) is 54.5 cm³/mol. The first-order valence-corrected chi connectivity index (χ1v) is 4.53. The van der Waals surface area contributed by atoms with E-state index in [4.69, 9.17) is 10.2 Å². The van der Waals surface area contributed by atoms with Gasteiger partial charge in [0.15, 0.2) is 6.10 Å². The van der Waals surface area contributed by atoms with Gasteiger partial charge in [-0.1, -0.05) is 6.08 Å². The molecule has 0 aliphatic carbocycles. The summed E-state index contributed by atoms with van der Waals surface area (Å²) in [6.45, 7) is 4.99. The average molecular weight is 216 g/mol. The maximum atomic E-state index is 11.1. The van der Waals surface area contributed by atoms with E-state index in [-0.39, 0.29) is 12.6 Å². The Morgan fingerprint density at radius 3 is 2.60 bits per heavy atom. The quantitative estimate of drug-likeness (QED) is 0.458. The monoisotopic (exact) mass is 216 g/mol. The van der Waals surface area contributed by atoms with Gasteiger partial charge >= 0.3 is 12.0 Å². The lowest BCUT2D eigenvalue weighted by atomic mass is 10.2. The number of amides is 2. The Morgan fingerprint density at radius 1 is 1.53 bits per heavy atom. The molecule has 0 rings (SSSR count). The number of rotatable bonds is 6. The summed E-state index contributed by atoms with van der Waals surface area (Å²) in [7, 11) is 0. The van der Waals surface area contributed by atoms with Crippen LogP contribution in [0.5, 0.6) is 0 Å². The van der Waals surface area contributed by atoms with E-state index in [9.17, 15) is 9.59 Å². The number of carboxylic acids is 1. The minimum Gasteiger partial charge on any atom is -0.479 e. The summed E-state index contributed by atoms with van der Waals surface area (Å²) in [5.41, 5.74) is 0. The molecule has 0 radical (unpaired) electrons. The van der Waals surface area contributed by atoms with Crippen molar-refractivity contribution in [2.45, 2.75) is 25.5 Å². The molecule has 0 aliphatic rings. The van der Waals surface area contributed by atoms with Crippen molar-refractivity contribution in [3.05, 3.63) is 12.7 Å². The number of nitrogens with one attached hydrogen (secondary N) is 2. The van der Waals surface area contributed by atoms with Crippen LogP contribution in [0.15, 0.2) is 12.7 Å². The molecule has 0 fully saturated rings. The Balaban J connectivity index is 3.74. The Hall–Kier alpha value is -1.56. The van der Waals surface area contributed by atoms with Crippen LogP contribution >= 0.6 is 0 Å². The second kappa shape index (κ2) is 6.83. The zero-order valence-corrected chi connectivity index (χ0v) is 8.56. The third kappa shape index (κ3) is 6.50. The van der Waals surface area contributed by atoms with Crippen molar-refractivity contribution >= 4 is 12.0 Å². The van der Waals surface area contributed by atoms with Crippen molar-refractivity contribution < 1.29 is 19.8 Å². The average Bonchev–Trinajstić information content (AvgIpc) is 2.14. The molecule has 15 heavy (non-hydrogen) atoms. The van der Waals surface area contributed by atoms with Crippen LogP contribution in [0.1, 0.15) is 13.3 Å². The maximum absolute atomic E-state index is 11.1. The minimum atomic E-state index is -1.58. The number of carboxylic acid groups (broad SMARTS) is 1. The molecule has 6 heteroatoms. The van der Waals surface area contributed by atoms with Crippen LogP contribution in [-0.2, 0) is 4.79 Å². The molecule has 0 aromatic rings. The minimum absolute atomic E-state index is 0.0792. The van der Waals surface area contributed by atoms with E-state index in [1.165, 1.54) is 0 Å². The highest BCUT2D eigenvalue weighted by Gasteiger charge is 2.14. The first kappa shape index (κ1) is 13.4. The van der Waals surface area contributed by atoms with Crippen LogP contribution in [0.3, 0.4) is 0 Å². The number of aliphatic carboxylic acids is 1. The first-order chi connectivity index (χ1) is 6.97. The van der Waals surface area contributed by atoms with E-state index in [1.54, 1.807) is 13.0 Å². The van der Waals surface area contributed by atoms with E-state index in [2.05, 4.69) is 17.2 Å². The third-order valence-electron chi connectivity index (χ3n) is 1.64. The fraction of sp³-hybridized carbons (Fsp3) is 0.556. The van der Waals surface area contributed by atoms with Gasteiger partial charge in [-0.15, -0.1) is 6.58 Å². The van der Waals surface area contributed by atoms with Crippen LogP contribution in [0.2, 0.25) is 0 Å². The molecule has 0 aromatic carbocycles. The number of carbonyl (C=O) groups is 2. The number of aliphatic hydroxyl groups excluding tert-OH is 1. The van der Waals surface area contributed by atoms with Crippen LogP contribution in [0.25, 0.3) is 0 Å². The van der Waals surface area contributed by atoms with E-state index in [1.807, 2.05) is 0 Å². The van der Waals surface area contributed by atoms with Crippen molar-refractivity contribution in [3.8, 4) is 0 Å². The smallest absolute Gasteiger partial charge is 0.334 e. The highest BCUT2D eigenvalue weighted by Crippen LogP contribution is 1.89. The number of hydrogen-bond acceptors (Lipinski definition) is 3. The molecule has 0 heterocycles. The molecule has 0 spiro atoms. The van der Waals surface area contributed by atoms with Crippen molar-refractivity contribution in [3.63, 3.8) is 0 Å². The van der Waals surface area contributed by atoms with Gasteiger partial charge in [-0.25, -0.2) is 9.59 Å². The van der Waals surface area contributed by atoms with Gasteiger partial charge in [-0.2, -0.15) is 0 Å². The molecule has 1 unspecified atom stereocenters. The topological polar surface area (TPSA) is 98.7 Å². The number of urea groups is 1. The molecule has 0 bridgehead atoms. The summed E-state index contributed by atoms with van der Waals surface area (Å²) in [5, 5.41) is 22.0. The highest BCUT2D eigenvalue weighted by atomic mass is 16.4. The van der Waals surface area contributed by atoms with E-state index in [0.717, 1.165) is 0 Å². The van der Waals surface area contributed by atoms with Crippen molar-refractivity contribution in [1.29, 1.82) is 0 Å². The van der Waals surface area contributed by atoms with Gasteiger partial charge in [-0.3, -0.25) is 0 Å². The predicted octanol–water partition coefficient (Wildman–Crippen LogP) is -0.304. The molecule has 4 N–H and O–H groups in total. The molecule has 2 atom stereocenters. The fourth-order valence-corrected chi connectivity index (χ4v) is 0.860. The highest BCUT2D eigenvalue weighted by molar-refractivity contribution is 5.76. The summed E-state index contributed by atoms with van der Waals surface area (Å²) < 4.78 is 0. The Morgan fingerprint density at radius 2 is 2.13 bits per heavy atom. The number of hydrogen-bond donors (Lipinski definition) is 4. The van der Waals surface area contributed by atoms with Gasteiger partial charge in [-0.05, 0) is 13.3 Å². The van der Waals surface area contributed by atoms with Gasteiger partial charge in [0.2, 0.25) is 0 Å². The summed E-state index contributed by atoms with van der Waals surface area (Å²) in [6, 6.07) is -0.589. The number of aliphatic hydroxyl groups is 1. The molecule has 86 valence electrons. The molecule has 0 saturated carbocycles. The second-order valence-corrected chi connectivity index (χ2v) is 3.13. The first-order valence-electron chi connectivity index (χ1n) is 4.53. The lowest BCUT2D eigenvalue weighted by Gasteiger charge is -2.13. The summed E-state index contributed by atoms with van der Waals surface area (Å²) >= 11 is 0. The summed E-state index contributed by atoms with van der Waals surface area (Å²) in [4.78, 5) is 21.3. The molecule has 0 aliphatic heterocycles. The van der Waals surface area contributed by atoms with Gasteiger partial charge in [0.25, 0.3) is 0 Å². The second-order valence-electron chi connectivity index (χ2n) is 3.13. The summed E-state index contributed by atoms with van der Waals surface area (Å²) in [5.74, 6) is -1.37. The maximum Gasteiger partial charge on any atom is 0.334 e. The normalized spacial score (nSPS) is 13.7. The van der Waals surface area contributed by atoms with Crippen LogP contribution in [-0.4, -0.2) is 40.9 Å². The molecule has 0 aromatic heterocycles. The van der Waals surface area contributed by atoms with Crippen molar-refractivity contribution in [2.75, 3.05) is 6.54 Å². The molecule has 6 nitrogen and oxygen atoms in total. The van der Waals surface area contributed by atoms with Gasteiger partial charge in [0.1, 0.15) is 0 Å². The van der Waals surface area contributed by atoms with Gasteiger partial charge in [0, 0.05) is 6.04 Å². The van der Waals surface area contributed by atoms with E-state index >= 15 is 0 Å². The lowest BCUT2D eigenvalue weighted by molar-refractivity contribution is -0.146. The fourth-order valence-electron chi connectivity index (χ4n) is 0.860. The molecular weight excluding hydrogens is 200 g/mol. The molecular formula is C9H16N2O4. The zero-order chi connectivity index (χ0) is 11.8. The van der Waals surface area contributed by atoms with E-state index in [0.29, 0.717) is 6.42 Å².